The van der Waals surface area contributed by atoms with Crippen LogP contribution >= 0.6 is 0 Å². The topological polar surface area (TPSA) is 35.8 Å². The Labute approximate surface area is 116 Å². The maximum atomic E-state index is 13.6. The summed E-state index contributed by atoms with van der Waals surface area (Å²) in [5.74, 6) is -0.663. The number of nitrogens with zero attached hydrogens (tertiary/aromatic N) is 1. The Morgan fingerprint density at radius 2 is 1.85 bits per heavy atom. The molecule has 0 bridgehead atoms. The summed E-state index contributed by atoms with van der Waals surface area (Å²) in [5.41, 5.74) is 2.77. The Morgan fingerprint density at radius 3 is 2.50 bits per heavy atom. The number of aryl methyl sites for hydroxylation is 1. The van der Waals surface area contributed by atoms with Crippen LogP contribution in [-0.4, -0.2) is 0 Å². The summed E-state index contributed by atoms with van der Waals surface area (Å²) in [5, 5.41) is 11.9. The van der Waals surface area contributed by atoms with E-state index in [4.69, 9.17) is 5.26 Å². The van der Waals surface area contributed by atoms with Crippen molar-refractivity contribution in [3.8, 4) is 6.07 Å². The van der Waals surface area contributed by atoms with Gasteiger partial charge in [-0.25, -0.2) is 8.78 Å². The summed E-state index contributed by atoms with van der Waals surface area (Å²) in [6.45, 7) is 3.78. The van der Waals surface area contributed by atoms with Gasteiger partial charge in [0.05, 0.1) is 11.6 Å². The molecule has 20 heavy (non-hydrogen) atoms. The molecule has 0 aromatic heterocycles. The van der Waals surface area contributed by atoms with Crippen molar-refractivity contribution in [2.24, 2.45) is 0 Å². The molecule has 2 aromatic carbocycles. The van der Waals surface area contributed by atoms with Crippen LogP contribution in [0.5, 0.6) is 0 Å². The highest BCUT2D eigenvalue weighted by Crippen LogP contribution is 2.21. The van der Waals surface area contributed by atoms with Crippen molar-refractivity contribution >= 4 is 5.69 Å². The zero-order valence-electron chi connectivity index (χ0n) is 11.3. The monoisotopic (exact) mass is 272 g/mol. The minimum Gasteiger partial charge on any atom is -0.381 e. The smallest absolute Gasteiger partial charge is 0.129 e. The van der Waals surface area contributed by atoms with Crippen molar-refractivity contribution in [1.82, 2.24) is 0 Å². The predicted molar refractivity (Wildman–Crippen MR) is 74.3 cm³/mol. The van der Waals surface area contributed by atoms with Crippen LogP contribution in [0, 0.1) is 36.8 Å². The Kier molecular flexibility index (Phi) is 3.99. The Bertz CT molecular complexity index is 688. The molecule has 0 unspecified atom stereocenters. The lowest BCUT2D eigenvalue weighted by Gasteiger charge is -2.11. The first-order valence-electron chi connectivity index (χ1n) is 6.20. The molecule has 4 heteroatoms. The van der Waals surface area contributed by atoms with E-state index in [1.807, 2.05) is 6.07 Å². The molecule has 102 valence electrons. The number of nitrogens with one attached hydrogen (secondary N) is 1. The van der Waals surface area contributed by atoms with Gasteiger partial charge >= 0.3 is 0 Å². The van der Waals surface area contributed by atoms with Crippen molar-refractivity contribution in [2.45, 2.75) is 20.4 Å². The number of rotatable bonds is 3. The fraction of sp³-hybridized carbons (Fsp3) is 0.188. The summed E-state index contributed by atoms with van der Waals surface area (Å²) in [6, 6.07) is 9.56. The molecule has 2 aromatic rings. The SMILES string of the molecule is Cc1cc(CNc2cc(C#N)cc(F)c2C)ccc1F. The van der Waals surface area contributed by atoms with E-state index in [-0.39, 0.29) is 11.4 Å². The Hall–Kier alpha value is -2.41. The van der Waals surface area contributed by atoms with E-state index >= 15 is 0 Å². The first kappa shape index (κ1) is 14.0. The second-order valence-electron chi connectivity index (χ2n) is 4.68. The zero-order valence-corrected chi connectivity index (χ0v) is 11.3. The molecule has 0 fully saturated rings. The van der Waals surface area contributed by atoms with Gasteiger partial charge in [-0.1, -0.05) is 12.1 Å². The Morgan fingerprint density at radius 1 is 1.10 bits per heavy atom. The molecule has 0 heterocycles. The minimum absolute atomic E-state index is 0.248. The third-order valence-electron chi connectivity index (χ3n) is 3.18. The van der Waals surface area contributed by atoms with Crippen LogP contribution in [0.25, 0.3) is 0 Å². The van der Waals surface area contributed by atoms with E-state index in [2.05, 4.69) is 5.32 Å². The molecule has 0 saturated heterocycles. The third-order valence-corrected chi connectivity index (χ3v) is 3.18. The van der Waals surface area contributed by atoms with Gasteiger partial charge in [-0.15, -0.1) is 0 Å². The van der Waals surface area contributed by atoms with E-state index in [0.717, 1.165) is 5.56 Å². The molecular weight excluding hydrogens is 258 g/mol. The number of anilines is 1. The van der Waals surface area contributed by atoms with Gasteiger partial charge in [0.2, 0.25) is 0 Å². The largest absolute Gasteiger partial charge is 0.381 e. The molecule has 0 aliphatic heterocycles. The normalized spacial score (nSPS) is 10.2. The van der Waals surface area contributed by atoms with Crippen LogP contribution in [0.4, 0.5) is 14.5 Å². The standard InChI is InChI=1S/C16H14F2N2/c1-10-5-12(3-4-14(10)17)9-20-16-7-13(8-19)6-15(18)11(16)2/h3-7,20H,9H2,1-2H3. The molecule has 2 nitrogen and oxygen atoms in total. The summed E-state index contributed by atoms with van der Waals surface area (Å²) < 4.78 is 26.8. The highest BCUT2D eigenvalue weighted by molar-refractivity contribution is 5.56. The van der Waals surface area contributed by atoms with E-state index in [1.165, 1.54) is 12.1 Å². The number of hydrogen-bond donors (Lipinski definition) is 1. The molecular formula is C16H14F2N2. The quantitative estimate of drug-likeness (QED) is 0.914. The molecule has 0 radical (unpaired) electrons. The molecule has 1 N–H and O–H groups in total. The lowest BCUT2D eigenvalue weighted by Crippen LogP contribution is -2.03. The fourth-order valence-corrected chi connectivity index (χ4v) is 1.94. The second kappa shape index (κ2) is 5.70. The molecule has 2 rings (SSSR count). The fourth-order valence-electron chi connectivity index (χ4n) is 1.94. The molecule has 0 aliphatic rings. The van der Waals surface area contributed by atoms with Crippen LogP contribution in [0.15, 0.2) is 30.3 Å². The molecule has 0 atom stereocenters. The molecule has 0 saturated carbocycles. The van der Waals surface area contributed by atoms with Crippen molar-refractivity contribution in [3.05, 3.63) is 64.2 Å². The van der Waals surface area contributed by atoms with Crippen molar-refractivity contribution in [1.29, 1.82) is 5.26 Å². The van der Waals surface area contributed by atoms with Gasteiger partial charge < -0.3 is 5.32 Å². The predicted octanol–water partition coefficient (Wildman–Crippen LogP) is 4.07. The lowest BCUT2D eigenvalue weighted by atomic mass is 10.1. The van der Waals surface area contributed by atoms with Crippen LogP contribution < -0.4 is 5.32 Å². The van der Waals surface area contributed by atoms with Crippen LogP contribution in [0.2, 0.25) is 0 Å². The summed E-state index contributed by atoms with van der Waals surface area (Å²) in [7, 11) is 0. The second-order valence-corrected chi connectivity index (χ2v) is 4.68. The van der Waals surface area contributed by atoms with E-state index in [1.54, 1.807) is 32.0 Å². The number of benzene rings is 2. The van der Waals surface area contributed by atoms with Gasteiger partial charge in [-0.2, -0.15) is 5.26 Å². The minimum atomic E-state index is -0.415. The third kappa shape index (κ3) is 2.94. The average molecular weight is 272 g/mol. The van der Waals surface area contributed by atoms with Crippen molar-refractivity contribution in [2.75, 3.05) is 5.32 Å². The molecule has 0 spiro atoms. The number of hydrogen-bond acceptors (Lipinski definition) is 2. The maximum Gasteiger partial charge on any atom is 0.129 e. The maximum absolute atomic E-state index is 13.6. The van der Waals surface area contributed by atoms with E-state index in [0.29, 0.717) is 23.4 Å². The van der Waals surface area contributed by atoms with Crippen LogP contribution in [0.3, 0.4) is 0 Å². The average Bonchev–Trinajstić information content (AvgIpc) is 2.44. The van der Waals surface area contributed by atoms with E-state index in [9.17, 15) is 8.78 Å². The van der Waals surface area contributed by atoms with Crippen molar-refractivity contribution in [3.63, 3.8) is 0 Å². The van der Waals surface area contributed by atoms with Crippen LogP contribution in [-0.2, 0) is 6.54 Å². The summed E-state index contributed by atoms with van der Waals surface area (Å²) in [4.78, 5) is 0. The van der Waals surface area contributed by atoms with Gasteiger partial charge in [0, 0.05) is 17.8 Å². The number of halogens is 2. The van der Waals surface area contributed by atoms with Gasteiger partial charge in [0.1, 0.15) is 11.6 Å². The van der Waals surface area contributed by atoms with Gasteiger partial charge in [-0.3, -0.25) is 0 Å². The zero-order chi connectivity index (χ0) is 14.7. The van der Waals surface area contributed by atoms with Crippen molar-refractivity contribution < 1.29 is 8.78 Å². The van der Waals surface area contributed by atoms with Crippen LogP contribution in [0.1, 0.15) is 22.3 Å². The lowest BCUT2D eigenvalue weighted by molar-refractivity contribution is 0.617. The van der Waals surface area contributed by atoms with E-state index < -0.39 is 5.82 Å². The number of nitriles is 1. The van der Waals surface area contributed by atoms with Gasteiger partial charge in [-0.05, 0) is 43.2 Å². The van der Waals surface area contributed by atoms with Gasteiger partial charge in [0.15, 0.2) is 0 Å². The first-order valence-corrected chi connectivity index (χ1v) is 6.20. The summed E-state index contributed by atoms with van der Waals surface area (Å²) in [6.07, 6.45) is 0. The molecule has 0 aliphatic carbocycles. The molecule has 0 amide bonds. The Balaban J connectivity index is 2.20. The first-order chi connectivity index (χ1) is 9.51. The summed E-state index contributed by atoms with van der Waals surface area (Å²) >= 11 is 0. The highest BCUT2D eigenvalue weighted by Gasteiger charge is 2.07. The highest BCUT2D eigenvalue weighted by atomic mass is 19.1. The van der Waals surface area contributed by atoms with Gasteiger partial charge in [0.25, 0.3) is 0 Å².